The first-order valence-corrected chi connectivity index (χ1v) is 9.49. The van der Waals surface area contributed by atoms with Crippen molar-refractivity contribution in [3.05, 3.63) is 41.4 Å². The Morgan fingerprint density at radius 3 is 2.89 bits per heavy atom. The van der Waals surface area contributed by atoms with Gasteiger partial charge >= 0.3 is 5.97 Å². The minimum absolute atomic E-state index is 0.173. The van der Waals surface area contributed by atoms with Crippen LogP contribution in [0.5, 0.6) is 0 Å². The molecule has 0 radical (unpaired) electrons. The Kier molecular flexibility index (Phi) is 6.20. The third-order valence-electron chi connectivity index (χ3n) is 3.98. The molecule has 1 amide bonds. The van der Waals surface area contributed by atoms with Gasteiger partial charge in [-0.1, -0.05) is 18.2 Å². The maximum Gasteiger partial charge on any atom is 0.325 e. The Labute approximate surface area is 160 Å². The number of benzene rings is 1. The summed E-state index contributed by atoms with van der Waals surface area (Å²) in [6, 6.07) is 10.1. The molecule has 0 saturated carbocycles. The molecule has 0 spiro atoms. The number of aromatic nitrogens is 2. The second kappa shape index (κ2) is 8.79. The SMILES string of the molecule is CCOC(=O)CNC(=O)c1csc(-c2cc3ccccc3n2CCOC)n1. The number of methoxy groups -OCH3 is 1. The summed E-state index contributed by atoms with van der Waals surface area (Å²) in [5.41, 5.74) is 2.30. The van der Waals surface area contributed by atoms with Gasteiger partial charge in [0, 0.05) is 29.9 Å². The lowest BCUT2D eigenvalue weighted by Crippen LogP contribution is -2.30. The predicted molar refractivity (Wildman–Crippen MR) is 104 cm³/mol. The molecule has 3 rings (SSSR count). The molecule has 0 aliphatic heterocycles. The van der Waals surface area contributed by atoms with Gasteiger partial charge in [-0.2, -0.15) is 0 Å². The summed E-state index contributed by atoms with van der Waals surface area (Å²) in [7, 11) is 1.67. The molecular formula is C19H21N3O4S. The minimum Gasteiger partial charge on any atom is -0.465 e. The zero-order chi connectivity index (χ0) is 19.2. The van der Waals surface area contributed by atoms with Crippen LogP contribution in [0.2, 0.25) is 0 Å². The van der Waals surface area contributed by atoms with Crippen molar-refractivity contribution < 1.29 is 19.1 Å². The zero-order valence-corrected chi connectivity index (χ0v) is 16.0. The lowest BCUT2D eigenvalue weighted by Gasteiger charge is -2.08. The first-order chi connectivity index (χ1) is 13.1. The van der Waals surface area contributed by atoms with Gasteiger partial charge in [-0.3, -0.25) is 9.59 Å². The topological polar surface area (TPSA) is 82.5 Å². The molecular weight excluding hydrogens is 366 g/mol. The predicted octanol–water partition coefficient (Wildman–Crippen LogP) is 2.70. The zero-order valence-electron chi connectivity index (χ0n) is 15.2. The number of amides is 1. The van der Waals surface area contributed by atoms with Crippen molar-refractivity contribution in [1.82, 2.24) is 14.9 Å². The van der Waals surface area contributed by atoms with Crippen LogP contribution in [0, 0.1) is 0 Å². The third-order valence-corrected chi connectivity index (χ3v) is 4.85. The van der Waals surface area contributed by atoms with Crippen LogP contribution in [0.15, 0.2) is 35.7 Å². The van der Waals surface area contributed by atoms with Crippen molar-refractivity contribution in [2.45, 2.75) is 13.5 Å². The highest BCUT2D eigenvalue weighted by Crippen LogP contribution is 2.30. The number of nitrogens with one attached hydrogen (secondary N) is 1. The summed E-state index contributed by atoms with van der Waals surface area (Å²) in [5.74, 6) is -0.869. The number of carbonyl (C=O) groups excluding carboxylic acids is 2. The summed E-state index contributed by atoms with van der Waals surface area (Å²) in [6.07, 6.45) is 0. The van der Waals surface area contributed by atoms with E-state index in [0.717, 1.165) is 21.6 Å². The van der Waals surface area contributed by atoms with Crippen LogP contribution in [-0.4, -0.2) is 48.3 Å². The highest BCUT2D eigenvalue weighted by atomic mass is 32.1. The van der Waals surface area contributed by atoms with Crippen LogP contribution in [0.3, 0.4) is 0 Å². The van der Waals surface area contributed by atoms with E-state index in [9.17, 15) is 9.59 Å². The minimum atomic E-state index is -0.471. The second-order valence-corrected chi connectivity index (χ2v) is 6.62. The average Bonchev–Trinajstić information content (AvgIpc) is 3.29. The van der Waals surface area contributed by atoms with Gasteiger partial charge in [0.05, 0.1) is 18.9 Å². The van der Waals surface area contributed by atoms with Gasteiger partial charge in [0.25, 0.3) is 5.91 Å². The van der Waals surface area contributed by atoms with Crippen molar-refractivity contribution in [2.75, 3.05) is 26.9 Å². The fraction of sp³-hybridized carbons (Fsp3) is 0.316. The Morgan fingerprint density at radius 1 is 1.30 bits per heavy atom. The number of hydrogen-bond donors (Lipinski definition) is 1. The molecule has 2 heterocycles. The van der Waals surface area contributed by atoms with Crippen LogP contribution in [0.4, 0.5) is 0 Å². The summed E-state index contributed by atoms with van der Waals surface area (Å²) < 4.78 is 12.2. The van der Waals surface area contributed by atoms with Gasteiger partial charge in [0.1, 0.15) is 17.2 Å². The number of hydrogen-bond acceptors (Lipinski definition) is 6. The van der Waals surface area contributed by atoms with E-state index < -0.39 is 11.9 Å². The third kappa shape index (κ3) is 4.35. The van der Waals surface area contributed by atoms with Crippen molar-refractivity contribution >= 4 is 34.1 Å². The Bertz CT molecular complexity index is 947. The number of ether oxygens (including phenoxy) is 2. The van der Waals surface area contributed by atoms with Gasteiger partial charge in [-0.15, -0.1) is 11.3 Å². The number of nitrogens with zero attached hydrogens (tertiary/aromatic N) is 2. The fourth-order valence-corrected chi connectivity index (χ4v) is 3.59. The van der Waals surface area contributed by atoms with Gasteiger partial charge in [0.15, 0.2) is 0 Å². The molecule has 0 atom stereocenters. The van der Waals surface area contributed by atoms with Gasteiger partial charge in [-0.25, -0.2) is 4.98 Å². The molecule has 0 saturated heterocycles. The van der Waals surface area contributed by atoms with Crippen LogP contribution >= 0.6 is 11.3 Å². The van der Waals surface area contributed by atoms with E-state index in [0.29, 0.717) is 13.2 Å². The van der Waals surface area contributed by atoms with E-state index in [4.69, 9.17) is 9.47 Å². The molecule has 0 aliphatic rings. The highest BCUT2D eigenvalue weighted by Gasteiger charge is 2.17. The molecule has 0 unspecified atom stereocenters. The standard InChI is InChI=1S/C19H21N3O4S/c1-3-26-17(23)11-20-18(24)14-12-27-19(21-14)16-10-13-6-4-5-7-15(13)22(16)8-9-25-2/h4-7,10,12H,3,8-9,11H2,1-2H3,(H,20,24). The van der Waals surface area contributed by atoms with Crippen molar-refractivity contribution in [2.24, 2.45) is 0 Å². The van der Waals surface area contributed by atoms with Crippen molar-refractivity contribution in [1.29, 1.82) is 0 Å². The Hall–Kier alpha value is -2.71. The van der Waals surface area contributed by atoms with E-state index in [1.807, 2.05) is 18.2 Å². The van der Waals surface area contributed by atoms with E-state index in [-0.39, 0.29) is 18.8 Å². The summed E-state index contributed by atoms with van der Waals surface area (Å²) >= 11 is 1.39. The fourth-order valence-electron chi connectivity index (χ4n) is 2.76. The van der Waals surface area contributed by atoms with Gasteiger partial charge in [0.2, 0.25) is 0 Å². The smallest absolute Gasteiger partial charge is 0.325 e. The quantitative estimate of drug-likeness (QED) is 0.601. The highest BCUT2D eigenvalue weighted by molar-refractivity contribution is 7.13. The van der Waals surface area contributed by atoms with E-state index >= 15 is 0 Å². The Balaban J connectivity index is 1.83. The van der Waals surface area contributed by atoms with Crippen molar-refractivity contribution in [3.63, 3.8) is 0 Å². The molecule has 7 nitrogen and oxygen atoms in total. The molecule has 0 aliphatic carbocycles. The maximum atomic E-state index is 12.2. The summed E-state index contributed by atoms with van der Waals surface area (Å²) in [4.78, 5) is 28.1. The second-order valence-electron chi connectivity index (χ2n) is 5.76. The lowest BCUT2D eigenvalue weighted by molar-refractivity contribution is -0.141. The summed E-state index contributed by atoms with van der Waals surface area (Å²) in [5, 5.41) is 6.06. The molecule has 1 N–H and O–H groups in total. The number of thiazole rings is 1. The van der Waals surface area contributed by atoms with E-state index in [1.165, 1.54) is 11.3 Å². The Morgan fingerprint density at radius 2 is 2.11 bits per heavy atom. The largest absolute Gasteiger partial charge is 0.465 e. The molecule has 2 aromatic heterocycles. The lowest BCUT2D eigenvalue weighted by atomic mass is 10.2. The molecule has 3 aromatic rings. The number of esters is 1. The molecule has 8 heteroatoms. The van der Waals surface area contributed by atoms with E-state index in [2.05, 4.69) is 27.0 Å². The molecule has 27 heavy (non-hydrogen) atoms. The molecule has 1 aromatic carbocycles. The van der Waals surface area contributed by atoms with Crippen LogP contribution < -0.4 is 5.32 Å². The first kappa shape index (κ1) is 19.1. The average molecular weight is 387 g/mol. The normalized spacial score (nSPS) is 10.9. The number of fused-ring (bicyclic) bond motifs is 1. The van der Waals surface area contributed by atoms with Gasteiger partial charge < -0.3 is 19.4 Å². The monoisotopic (exact) mass is 387 g/mol. The van der Waals surface area contributed by atoms with Crippen LogP contribution in [0.1, 0.15) is 17.4 Å². The molecule has 142 valence electrons. The van der Waals surface area contributed by atoms with Crippen LogP contribution in [0.25, 0.3) is 21.6 Å². The summed E-state index contributed by atoms with van der Waals surface area (Å²) in [6.45, 7) is 3.08. The van der Waals surface area contributed by atoms with Gasteiger partial charge in [-0.05, 0) is 19.1 Å². The number of para-hydroxylation sites is 1. The molecule has 0 fully saturated rings. The molecule has 0 bridgehead atoms. The number of rotatable bonds is 8. The van der Waals surface area contributed by atoms with E-state index in [1.54, 1.807) is 19.4 Å². The van der Waals surface area contributed by atoms with Crippen LogP contribution in [-0.2, 0) is 20.8 Å². The first-order valence-electron chi connectivity index (χ1n) is 8.61. The van der Waals surface area contributed by atoms with Crippen molar-refractivity contribution in [3.8, 4) is 10.7 Å². The number of carbonyl (C=O) groups is 2. The maximum absolute atomic E-state index is 12.2.